The van der Waals surface area contributed by atoms with E-state index < -0.39 is 5.76 Å². The van der Waals surface area contributed by atoms with Crippen molar-refractivity contribution in [2.75, 3.05) is 16.9 Å². The molecule has 0 aliphatic heterocycles. The van der Waals surface area contributed by atoms with E-state index in [0.29, 0.717) is 21.8 Å². The third-order valence-electron chi connectivity index (χ3n) is 2.69. The van der Waals surface area contributed by atoms with Gasteiger partial charge in [0.1, 0.15) is 0 Å². The molecule has 2 rings (SSSR count). The molecule has 7 heteroatoms. The first-order valence-corrected chi connectivity index (χ1v) is 8.85. The minimum absolute atomic E-state index is 0.454. The van der Waals surface area contributed by atoms with Crippen LogP contribution in [0.3, 0.4) is 0 Å². The molecule has 116 valence electrons. The lowest BCUT2D eigenvalue weighted by Gasteiger charge is -2.13. The second-order valence-electron chi connectivity index (χ2n) is 4.18. The Labute approximate surface area is 142 Å². The summed E-state index contributed by atoms with van der Waals surface area (Å²) in [5.41, 5.74) is 1.68. The molecule has 0 heterocycles. The van der Waals surface area contributed by atoms with Gasteiger partial charge in [0, 0.05) is 15.5 Å². The van der Waals surface area contributed by atoms with Crippen LogP contribution < -0.4 is 10.6 Å². The van der Waals surface area contributed by atoms with Crippen molar-refractivity contribution in [3.63, 3.8) is 0 Å². The molecule has 2 N–H and O–H groups in total. The average Bonchev–Trinajstić information content (AvgIpc) is 2.49. The van der Waals surface area contributed by atoms with E-state index in [-0.39, 0.29) is 0 Å². The minimum atomic E-state index is -2.41. The molecule has 0 radical (unpaired) electrons. The summed E-state index contributed by atoms with van der Waals surface area (Å²) in [4.78, 5) is 1.61. The van der Waals surface area contributed by atoms with E-state index >= 15 is 0 Å². The average molecular weight is 356 g/mol. The molecule has 0 saturated carbocycles. The third kappa shape index (κ3) is 5.15. The highest BCUT2D eigenvalue weighted by Gasteiger charge is 2.06. The fourth-order valence-electron chi connectivity index (χ4n) is 1.75. The predicted octanol–water partition coefficient (Wildman–Crippen LogP) is 5.53. The number of halogens is 2. The van der Waals surface area contributed by atoms with E-state index in [4.69, 9.17) is 12.2 Å². The first kappa shape index (κ1) is 17.1. The van der Waals surface area contributed by atoms with E-state index in [1.54, 1.807) is 36.0 Å². The normalized spacial score (nSPS) is 10.5. The smallest absolute Gasteiger partial charge is 0.288 e. The molecule has 0 aromatic heterocycles. The molecule has 0 atom stereocenters. The van der Waals surface area contributed by atoms with Gasteiger partial charge in [0.15, 0.2) is 5.11 Å². The number of hydrogen-bond acceptors (Lipinski definition) is 3. The lowest BCUT2D eigenvalue weighted by molar-refractivity contribution is 0.252. The van der Waals surface area contributed by atoms with E-state index in [9.17, 15) is 8.78 Å². The molecule has 0 bridgehead atoms. The molecule has 2 nitrogen and oxygen atoms in total. The van der Waals surface area contributed by atoms with Gasteiger partial charge in [-0.05, 0) is 54.9 Å². The third-order valence-corrected chi connectivity index (χ3v) is 4.41. The van der Waals surface area contributed by atoms with Gasteiger partial charge in [0.05, 0.1) is 5.69 Å². The number of hydrogen-bond donors (Lipinski definition) is 2. The maximum Gasteiger partial charge on any atom is 0.288 e. The summed E-state index contributed by atoms with van der Waals surface area (Å²) in [6.07, 6.45) is 2.00. The van der Waals surface area contributed by atoms with Crippen LogP contribution >= 0.6 is 35.7 Å². The second-order valence-corrected chi connectivity index (χ2v) is 6.50. The van der Waals surface area contributed by atoms with Crippen molar-refractivity contribution in [2.24, 2.45) is 0 Å². The van der Waals surface area contributed by atoms with Gasteiger partial charge in [-0.3, -0.25) is 0 Å². The Morgan fingerprint density at radius 3 is 2.36 bits per heavy atom. The van der Waals surface area contributed by atoms with Crippen LogP contribution in [0.2, 0.25) is 0 Å². The first-order valence-electron chi connectivity index (χ1n) is 6.34. The van der Waals surface area contributed by atoms with Gasteiger partial charge in [0.2, 0.25) is 0 Å². The van der Waals surface area contributed by atoms with Gasteiger partial charge in [-0.15, -0.1) is 11.8 Å². The highest BCUT2D eigenvalue weighted by atomic mass is 32.2. The molecular weight excluding hydrogens is 342 g/mol. The summed E-state index contributed by atoms with van der Waals surface area (Å²) in [5, 5.41) is 6.62. The number of para-hydroxylation sites is 1. The first-order chi connectivity index (χ1) is 10.6. The van der Waals surface area contributed by atoms with Crippen molar-refractivity contribution < 1.29 is 8.78 Å². The molecule has 22 heavy (non-hydrogen) atoms. The number of alkyl halides is 2. The summed E-state index contributed by atoms with van der Waals surface area (Å²) < 4.78 is 24.5. The number of anilines is 2. The Morgan fingerprint density at radius 2 is 1.73 bits per heavy atom. The number of rotatable bonds is 5. The molecule has 0 amide bonds. The molecule has 2 aromatic carbocycles. The molecule has 0 aliphatic carbocycles. The zero-order chi connectivity index (χ0) is 15.9. The maximum absolute atomic E-state index is 12.3. The van der Waals surface area contributed by atoms with Crippen LogP contribution in [0.25, 0.3) is 0 Å². The van der Waals surface area contributed by atoms with Crippen molar-refractivity contribution in [1.29, 1.82) is 0 Å². The van der Waals surface area contributed by atoms with Gasteiger partial charge < -0.3 is 10.6 Å². The number of thioether (sulfide) groups is 2. The monoisotopic (exact) mass is 356 g/mol. The Balaban J connectivity index is 1.97. The van der Waals surface area contributed by atoms with Crippen LogP contribution in [0.15, 0.2) is 58.3 Å². The quantitative estimate of drug-likeness (QED) is 0.542. The van der Waals surface area contributed by atoms with Crippen LogP contribution in [0.4, 0.5) is 20.2 Å². The molecule has 0 spiro atoms. The summed E-state index contributed by atoms with van der Waals surface area (Å²) in [7, 11) is 0. The van der Waals surface area contributed by atoms with Gasteiger partial charge in [-0.2, -0.15) is 8.78 Å². The van der Waals surface area contributed by atoms with Crippen LogP contribution in [0.1, 0.15) is 0 Å². The largest absolute Gasteiger partial charge is 0.332 e. The summed E-state index contributed by atoms with van der Waals surface area (Å²) in [6, 6.07) is 14.6. The van der Waals surface area contributed by atoms with Crippen molar-refractivity contribution in [2.45, 2.75) is 15.5 Å². The standard InChI is InChI=1S/C15H14F2N2S3/c1-21-13-5-3-2-4-12(13)19-15(20)18-10-6-8-11(9-7-10)22-14(16)17/h2-9,14H,1H3,(H2,18,19,20). The SMILES string of the molecule is CSc1ccccc1NC(=S)Nc1ccc(SC(F)F)cc1. The zero-order valence-electron chi connectivity index (χ0n) is 11.7. The van der Waals surface area contributed by atoms with Gasteiger partial charge >= 0.3 is 0 Å². The van der Waals surface area contributed by atoms with Crippen molar-refractivity contribution in [3.8, 4) is 0 Å². The van der Waals surface area contributed by atoms with Crippen LogP contribution in [0.5, 0.6) is 0 Å². The lowest BCUT2D eigenvalue weighted by Crippen LogP contribution is -2.19. The highest BCUT2D eigenvalue weighted by Crippen LogP contribution is 2.27. The fourth-order valence-corrected chi connectivity index (χ4v) is 3.03. The molecule has 0 saturated heterocycles. The van der Waals surface area contributed by atoms with Crippen molar-refractivity contribution >= 4 is 52.2 Å². The number of nitrogens with one attached hydrogen (secondary N) is 2. The summed E-state index contributed by atoms with van der Waals surface area (Å²) in [5.74, 6) is -2.41. The second kappa shape index (κ2) is 8.36. The Kier molecular flexibility index (Phi) is 6.48. The zero-order valence-corrected chi connectivity index (χ0v) is 14.1. The summed E-state index contributed by atoms with van der Waals surface area (Å²) >= 11 is 7.42. The number of thiocarbonyl (C=S) groups is 1. The lowest BCUT2D eigenvalue weighted by atomic mass is 10.3. The maximum atomic E-state index is 12.3. The molecule has 0 fully saturated rings. The van der Waals surface area contributed by atoms with Gasteiger partial charge in [-0.25, -0.2) is 0 Å². The van der Waals surface area contributed by atoms with Crippen LogP contribution in [-0.4, -0.2) is 17.1 Å². The van der Waals surface area contributed by atoms with E-state index in [1.807, 2.05) is 30.5 Å². The van der Waals surface area contributed by atoms with E-state index in [2.05, 4.69) is 10.6 Å². The minimum Gasteiger partial charge on any atom is -0.332 e. The number of benzene rings is 2. The predicted molar refractivity (Wildman–Crippen MR) is 96.4 cm³/mol. The van der Waals surface area contributed by atoms with Crippen molar-refractivity contribution in [1.82, 2.24) is 0 Å². The van der Waals surface area contributed by atoms with E-state index in [0.717, 1.165) is 16.3 Å². The topological polar surface area (TPSA) is 24.1 Å². The van der Waals surface area contributed by atoms with Gasteiger partial charge in [-0.1, -0.05) is 23.9 Å². The van der Waals surface area contributed by atoms with E-state index in [1.165, 1.54) is 0 Å². The van der Waals surface area contributed by atoms with Crippen LogP contribution in [-0.2, 0) is 0 Å². The fraction of sp³-hybridized carbons (Fsp3) is 0.133. The Hall–Kier alpha value is -1.31. The molecule has 0 aliphatic rings. The summed E-state index contributed by atoms with van der Waals surface area (Å²) in [6.45, 7) is 0. The molecule has 0 unspecified atom stereocenters. The van der Waals surface area contributed by atoms with Crippen LogP contribution in [0, 0.1) is 0 Å². The Bertz CT molecular complexity index is 633. The molecule has 2 aromatic rings. The van der Waals surface area contributed by atoms with Crippen molar-refractivity contribution in [3.05, 3.63) is 48.5 Å². The highest BCUT2D eigenvalue weighted by molar-refractivity contribution is 7.99. The Morgan fingerprint density at radius 1 is 1.05 bits per heavy atom. The van der Waals surface area contributed by atoms with Gasteiger partial charge in [0.25, 0.3) is 5.76 Å². The molecular formula is C15H14F2N2S3.